The fourth-order valence-electron chi connectivity index (χ4n) is 4.06. The SMILES string of the molecule is COc1ccc(C#Cc2ccc(C(=O)N3CCCC(O)(c4cccc(OC)c4)C3)cc2)cc1. The standard InChI is InChI=1S/C28H27NO4/c1-32-25-15-11-22(12-16-25)8-7-21-9-13-23(14-10-21)27(30)29-18-4-17-28(31,20-29)24-5-3-6-26(19-24)33-2/h3,5-6,9-16,19,31H,4,17-18,20H2,1-2H3. The lowest BCUT2D eigenvalue weighted by Gasteiger charge is -2.39. The molecule has 1 heterocycles. The van der Waals surface area contributed by atoms with Crippen LogP contribution < -0.4 is 9.47 Å². The molecule has 3 aromatic rings. The molecule has 1 amide bonds. The van der Waals surface area contributed by atoms with Gasteiger partial charge in [0.2, 0.25) is 0 Å². The second-order valence-electron chi connectivity index (χ2n) is 8.15. The smallest absolute Gasteiger partial charge is 0.253 e. The Kier molecular flexibility index (Phi) is 6.67. The van der Waals surface area contributed by atoms with Crippen LogP contribution in [-0.2, 0) is 5.60 Å². The van der Waals surface area contributed by atoms with Crippen molar-refractivity contribution in [3.8, 4) is 23.3 Å². The van der Waals surface area contributed by atoms with Gasteiger partial charge in [-0.25, -0.2) is 0 Å². The summed E-state index contributed by atoms with van der Waals surface area (Å²) in [5.74, 6) is 7.63. The van der Waals surface area contributed by atoms with Crippen LogP contribution in [0.25, 0.3) is 0 Å². The molecule has 4 rings (SSSR count). The fraction of sp³-hybridized carbons (Fsp3) is 0.250. The van der Waals surface area contributed by atoms with Gasteiger partial charge < -0.3 is 19.5 Å². The van der Waals surface area contributed by atoms with Crippen molar-refractivity contribution in [2.45, 2.75) is 18.4 Å². The van der Waals surface area contributed by atoms with E-state index in [2.05, 4.69) is 11.8 Å². The topological polar surface area (TPSA) is 59.0 Å². The predicted molar refractivity (Wildman–Crippen MR) is 127 cm³/mol. The Labute approximate surface area is 194 Å². The van der Waals surface area contributed by atoms with E-state index in [0.717, 1.165) is 28.9 Å². The van der Waals surface area contributed by atoms with E-state index in [1.807, 2.05) is 60.7 Å². The molecular weight excluding hydrogens is 414 g/mol. The van der Waals surface area contributed by atoms with Crippen molar-refractivity contribution in [2.24, 2.45) is 0 Å². The molecule has 0 aromatic heterocycles. The minimum absolute atomic E-state index is 0.0920. The van der Waals surface area contributed by atoms with Crippen LogP contribution in [0.5, 0.6) is 11.5 Å². The van der Waals surface area contributed by atoms with Gasteiger partial charge in [0, 0.05) is 23.2 Å². The summed E-state index contributed by atoms with van der Waals surface area (Å²) < 4.78 is 10.5. The number of β-amino-alcohol motifs (C(OH)–C–C–N with tert-alkyl or cyclic N) is 1. The van der Waals surface area contributed by atoms with Crippen LogP contribution in [0.1, 0.15) is 39.9 Å². The number of hydrogen-bond donors (Lipinski definition) is 1. The van der Waals surface area contributed by atoms with Crippen LogP contribution in [0.3, 0.4) is 0 Å². The zero-order valence-corrected chi connectivity index (χ0v) is 18.9. The van der Waals surface area contributed by atoms with Gasteiger partial charge in [-0.15, -0.1) is 0 Å². The van der Waals surface area contributed by atoms with Gasteiger partial charge in [0.05, 0.1) is 20.8 Å². The number of ether oxygens (including phenoxy) is 2. The summed E-state index contributed by atoms with van der Waals surface area (Å²) in [5.41, 5.74) is 1.98. The molecule has 0 radical (unpaired) electrons. The highest BCUT2D eigenvalue weighted by molar-refractivity contribution is 5.94. The Morgan fingerprint density at radius 2 is 1.55 bits per heavy atom. The number of benzene rings is 3. The molecule has 1 atom stereocenters. The molecular formula is C28H27NO4. The zero-order valence-electron chi connectivity index (χ0n) is 18.9. The van der Waals surface area contributed by atoms with E-state index in [1.54, 1.807) is 31.3 Å². The molecule has 1 fully saturated rings. The summed E-state index contributed by atoms with van der Waals surface area (Å²) in [6.45, 7) is 0.863. The van der Waals surface area contributed by atoms with E-state index < -0.39 is 5.60 Å². The zero-order chi connectivity index (χ0) is 23.3. The van der Waals surface area contributed by atoms with Crippen molar-refractivity contribution in [3.63, 3.8) is 0 Å². The fourth-order valence-corrected chi connectivity index (χ4v) is 4.06. The first-order valence-electron chi connectivity index (χ1n) is 10.9. The van der Waals surface area contributed by atoms with E-state index in [0.29, 0.717) is 24.3 Å². The molecule has 3 aromatic carbocycles. The third kappa shape index (κ3) is 5.19. The van der Waals surface area contributed by atoms with Crippen LogP contribution in [0, 0.1) is 11.8 Å². The minimum Gasteiger partial charge on any atom is -0.497 e. The molecule has 1 unspecified atom stereocenters. The summed E-state index contributed by atoms with van der Waals surface area (Å²) in [7, 11) is 3.23. The average molecular weight is 442 g/mol. The molecule has 33 heavy (non-hydrogen) atoms. The molecule has 168 valence electrons. The number of methoxy groups -OCH3 is 2. The Balaban J connectivity index is 1.46. The molecule has 0 saturated carbocycles. The van der Waals surface area contributed by atoms with Gasteiger partial charge in [-0.2, -0.15) is 0 Å². The van der Waals surface area contributed by atoms with E-state index in [-0.39, 0.29) is 12.5 Å². The van der Waals surface area contributed by atoms with E-state index in [9.17, 15) is 9.90 Å². The van der Waals surface area contributed by atoms with Crippen LogP contribution in [0.4, 0.5) is 0 Å². The van der Waals surface area contributed by atoms with Crippen LogP contribution in [0.15, 0.2) is 72.8 Å². The lowest BCUT2D eigenvalue weighted by Crippen LogP contribution is -2.48. The predicted octanol–water partition coefficient (Wildman–Crippen LogP) is 4.23. The first-order chi connectivity index (χ1) is 16.0. The van der Waals surface area contributed by atoms with Gasteiger partial charge in [-0.05, 0) is 79.1 Å². The highest BCUT2D eigenvalue weighted by atomic mass is 16.5. The maximum Gasteiger partial charge on any atom is 0.253 e. The number of likely N-dealkylation sites (tertiary alicyclic amines) is 1. The average Bonchev–Trinajstić information content (AvgIpc) is 2.87. The highest BCUT2D eigenvalue weighted by Crippen LogP contribution is 2.33. The summed E-state index contributed by atoms with van der Waals surface area (Å²) in [6, 6.07) is 22.3. The Bertz CT molecular complexity index is 1180. The van der Waals surface area contributed by atoms with E-state index >= 15 is 0 Å². The van der Waals surface area contributed by atoms with Crippen LogP contribution >= 0.6 is 0 Å². The molecule has 0 aliphatic carbocycles. The van der Waals surface area contributed by atoms with Crippen molar-refractivity contribution in [1.82, 2.24) is 4.90 Å². The minimum atomic E-state index is -1.09. The second kappa shape index (κ2) is 9.81. The van der Waals surface area contributed by atoms with Gasteiger partial charge in [0.1, 0.15) is 17.1 Å². The molecule has 0 spiro atoms. The lowest BCUT2D eigenvalue weighted by atomic mass is 9.85. The van der Waals surface area contributed by atoms with Crippen molar-refractivity contribution in [2.75, 3.05) is 27.3 Å². The quantitative estimate of drug-likeness (QED) is 0.616. The molecule has 1 aliphatic heterocycles. The van der Waals surface area contributed by atoms with Crippen molar-refractivity contribution < 1.29 is 19.4 Å². The number of carbonyl (C=O) groups is 1. The van der Waals surface area contributed by atoms with E-state index in [4.69, 9.17) is 9.47 Å². The normalized spacial score (nSPS) is 17.6. The van der Waals surface area contributed by atoms with Crippen LogP contribution in [0.2, 0.25) is 0 Å². The maximum absolute atomic E-state index is 13.1. The maximum atomic E-state index is 13.1. The molecule has 5 nitrogen and oxygen atoms in total. The number of aliphatic hydroxyl groups is 1. The van der Waals surface area contributed by atoms with Crippen molar-refractivity contribution in [3.05, 3.63) is 95.1 Å². The third-order valence-electron chi connectivity index (χ3n) is 5.94. The van der Waals surface area contributed by atoms with E-state index in [1.165, 1.54) is 0 Å². The number of amides is 1. The number of nitrogens with zero attached hydrogens (tertiary/aromatic N) is 1. The van der Waals surface area contributed by atoms with Crippen LogP contribution in [-0.4, -0.2) is 43.2 Å². The first kappa shape index (κ1) is 22.4. The number of rotatable bonds is 4. The number of hydrogen-bond acceptors (Lipinski definition) is 4. The summed E-state index contributed by atoms with van der Waals surface area (Å²) in [4.78, 5) is 14.9. The highest BCUT2D eigenvalue weighted by Gasteiger charge is 2.37. The molecule has 0 bridgehead atoms. The van der Waals surface area contributed by atoms with Crippen molar-refractivity contribution in [1.29, 1.82) is 0 Å². The van der Waals surface area contributed by atoms with Gasteiger partial charge in [0.25, 0.3) is 5.91 Å². The molecule has 5 heteroatoms. The van der Waals surface area contributed by atoms with Crippen molar-refractivity contribution >= 4 is 5.91 Å². The third-order valence-corrected chi connectivity index (χ3v) is 5.94. The number of piperidine rings is 1. The molecule has 1 saturated heterocycles. The molecule has 1 N–H and O–H groups in total. The molecule has 1 aliphatic rings. The van der Waals surface area contributed by atoms with Gasteiger partial charge in [0.15, 0.2) is 0 Å². The van der Waals surface area contributed by atoms with Gasteiger partial charge in [-0.1, -0.05) is 24.0 Å². The monoisotopic (exact) mass is 441 g/mol. The Morgan fingerprint density at radius 1 is 0.909 bits per heavy atom. The first-order valence-corrected chi connectivity index (χ1v) is 10.9. The number of carbonyl (C=O) groups excluding carboxylic acids is 1. The summed E-state index contributed by atoms with van der Waals surface area (Å²) in [6.07, 6.45) is 1.33. The second-order valence-corrected chi connectivity index (χ2v) is 8.15. The Hall–Kier alpha value is -3.75. The summed E-state index contributed by atoms with van der Waals surface area (Å²) in [5, 5.41) is 11.3. The van der Waals surface area contributed by atoms with Gasteiger partial charge >= 0.3 is 0 Å². The lowest BCUT2D eigenvalue weighted by molar-refractivity contribution is -0.0290. The Morgan fingerprint density at radius 3 is 2.18 bits per heavy atom. The summed E-state index contributed by atoms with van der Waals surface area (Å²) >= 11 is 0. The largest absolute Gasteiger partial charge is 0.497 e. The van der Waals surface area contributed by atoms with Gasteiger partial charge in [-0.3, -0.25) is 4.79 Å².